The lowest BCUT2D eigenvalue weighted by Gasteiger charge is -2.20. The van der Waals surface area contributed by atoms with Crippen molar-refractivity contribution >= 4 is 0 Å². The second-order valence-corrected chi connectivity index (χ2v) is 4.63. The van der Waals surface area contributed by atoms with Crippen molar-refractivity contribution in [1.82, 2.24) is 5.32 Å². The monoisotopic (exact) mass is 200 g/mol. The summed E-state index contributed by atoms with van der Waals surface area (Å²) in [6.07, 6.45) is 1.21. The van der Waals surface area contributed by atoms with Crippen molar-refractivity contribution in [2.75, 3.05) is 32.8 Å². The summed E-state index contributed by atoms with van der Waals surface area (Å²) < 4.78 is 5.32. The van der Waals surface area contributed by atoms with Gasteiger partial charge in [-0.15, -0.1) is 0 Å². The van der Waals surface area contributed by atoms with Crippen LogP contribution in [0.25, 0.3) is 0 Å². The summed E-state index contributed by atoms with van der Waals surface area (Å²) in [6.45, 7) is 9.26. The van der Waals surface area contributed by atoms with Crippen molar-refractivity contribution < 1.29 is 4.74 Å². The second kappa shape index (κ2) is 6.38. The Balaban J connectivity index is 2.06. The van der Waals surface area contributed by atoms with Crippen LogP contribution in [-0.2, 0) is 4.74 Å². The molecule has 0 spiro atoms. The van der Waals surface area contributed by atoms with Gasteiger partial charge in [-0.3, -0.25) is 0 Å². The van der Waals surface area contributed by atoms with E-state index in [2.05, 4.69) is 19.2 Å². The summed E-state index contributed by atoms with van der Waals surface area (Å²) in [4.78, 5) is 0. The third kappa shape index (κ3) is 3.95. The fraction of sp³-hybridized carbons (Fsp3) is 1.00. The molecular weight excluding hydrogens is 176 g/mol. The molecule has 0 aromatic carbocycles. The first-order valence-electron chi connectivity index (χ1n) is 5.72. The summed E-state index contributed by atoms with van der Waals surface area (Å²) in [6, 6.07) is 0. The van der Waals surface area contributed by atoms with E-state index in [4.69, 9.17) is 10.5 Å². The van der Waals surface area contributed by atoms with E-state index in [1.54, 1.807) is 0 Å². The molecule has 1 fully saturated rings. The van der Waals surface area contributed by atoms with Crippen LogP contribution in [0.15, 0.2) is 0 Å². The first-order valence-corrected chi connectivity index (χ1v) is 5.72. The molecule has 0 radical (unpaired) electrons. The zero-order valence-electron chi connectivity index (χ0n) is 9.46. The normalized spacial score (nSPS) is 24.4. The lowest BCUT2D eigenvalue weighted by molar-refractivity contribution is 0.184. The topological polar surface area (TPSA) is 47.3 Å². The molecule has 1 rings (SSSR count). The van der Waals surface area contributed by atoms with Crippen LogP contribution in [0, 0.1) is 17.8 Å². The molecule has 3 nitrogen and oxygen atoms in total. The predicted octanol–water partition coefficient (Wildman–Crippen LogP) is 0.843. The third-order valence-corrected chi connectivity index (χ3v) is 3.11. The highest BCUT2D eigenvalue weighted by Crippen LogP contribution is 2.12. The highest BCUT2D eigenvalue weighted by atomic mass is 16.5. The molecule has 3 heteroatoms. The maximum absolute atomic E-state index is 5.70. The Kier molecular flexibility index (Phi) is 5.45. The second-order valence-electron chi connectivity index (χ2n) is 4.63. The molecule has 1 heterocycles. The van der Waals surface area contributed by atoms with Crippen molar-refractivity contribution in [2.24, 2.45) is 23.5 Å². The number of nitrogens with two attached hydrogens (primary N) is 1. The highest BCUT2D eigenvalue weighted by Gasteiger charge is 2.16. The van der Waals surface area contributed by atoms with Crippen LogP contribution in [0.1, 0.15) is 20.3 Å². The number of rotatable bonds is 6. The van der Waals surface area contributed by atoms with Gasteiger partial charge in [0.15, 0.2) is 0 Å². The third-order valence-electron chi connectivity index (χ3n) is 3.11. The molecule has 1 aliphatic rings. The van der Waals surface area contributed by atoms with Gasteiger partial charge in [-0.2, -0.15) is 0 Å². The van der Waals surface area contributed by atoms with Gasteiger partial charge in [0.05, 0.1) is 6.61 Å². The Morgan fingerprint density at radius 1 is 1.50 bits per heavy atom. The van der Waals surface area contributed by atoms with Crippen LogP contribution in [0.4, 0.5) is 0 Å². The molecule has 3 N–H and O–H groups in total. The first kappa shape index (κ1) is 12.0. The molecular formula is C11H24N2O. The molecule has 0 aromatic heterocycles. The Labute approximate surface area is 87.4 Å². The van der Waals surface area contributed by atoms with Crippen LogP contribution < -0.4 is 11.1 Å². The van der Waals surface area contributed by atoms with E-state index in [1.807, 2.05) is 0 Å². The zero-order chi connectivity index (χ0) is 10.4. The SMILES string of the molecule is CC(C)C(CN)CNCC1CCOC1. The van der Waals surface area contributed by atoms with Gasteiger partial charge < -0.3 is 15.8 Å². The predicted molar refractivity (Wildman–Crippen MR) is 59.2 cm³/mol. The minimum atomic E-state index is 0.609. The van der Waals surface area contributed by atoms with Crippen LogP contribution in [-0.4, -0.2) is 32.8 Å². The number of nitrogens with one attached hydrogen (secondary N) is 1. The minimum absolute atomic E-state index is 0.609. The van der Waals surface area contributed by atoms with E-state index < -0.39 is 0 Å². The van der Waals surface area contributed by atoms with Gasteiger partial charge in [0, 0.05) is 13.2 Å². The van der Waals surface area contributed by atoms with Crippen LogP contribution in [0.5, 0.6) is 0 Å². The van der Waals surface area contributed by atoms with Crippen LogP contribution in [0.2, 0.25) is 0 Å². The van der Waals surface area contributed by atoms with Gasteiger partial charge in [-0.25, -0.2) is 0 Å². The van der Waals surface area contributed by atoms with E-state index >= 15 is 0 Å². The molecule has 0 saturated carbocycles. The molecule has 0 aromatic rings. The molecule has 1 saturated heterocycles. The van der Waals surface area contributed by atoms with E-state index in [-0.39, 0.29) is 0 Å². The molecule has 2 atom stereocenters. The Bertz CT molecular complexity index is 144. The lowest BCUT2D eigenvalue weighted by atomic mass is 9.96. The average molecular weight is 200 g/mol. The average Bonchev–Trinajstić information content (AvgIpc) is 2.64. The first-order chi connectivity index (χ1) is 6.74. The van der Waals surface area contributed by atoms with Gasteiger partial charge in [-0.05, 0) is 37.3 Å². The van der Waals surface area contributed by atoms with Crippen molar-refractivity contribution in [1.29, 1.82) is 0 Å². The van der Waals surface area contributed by atoms with Gasteiger partial charge in [-0.1, -0.05) is 13.8 Å². The van der Waals surface area contributed by atoms with E-state index in [1.165, 1.54) is 6.42 Å². The van der Waals surface area contributed by atoms with Crippen LogP contribution in [0.3, 0.4) is 0 Å². The van der Waals surface area contributed by atoms with E-state index in [9.17, 15) is 0 Å². The molecule has 2 unspecified atom stereocenters. The maximum Gasteiger partial charge on any atom is 0.0507 e. The molecule has 0 amide bonds. The summed E-state index contributed by atoms with van der Waals surface area (Å²) in [5, 5.41) is 3.50. The molecule has 84 valence electrons. The molecule has 1 aliphatic heterocycles. The molecule has 0 aliphatic carbocycles. The van der Waals surface area contributed by atoms with Gasteiger partial charge in [0.1, 0.15) is 0 Å². The lowest BCUT2D eigenvalue weighted by Crippen LogP contribution is -2.34. The zero-order valence-corrected chi connectivity index (χ0v) is 9.46. The fourth-order valence-corrected chi connectivity index (χ4v) is 1.81. The Hall–Kier alpha value is -0.120. The highest BCUT2D eigenvalue weighted by molar-refractivity contribution is 4.70. The standard InChI is InChI=1S/C11H24N2O/c1-9(2)11(5-12)7-13-6-10-3-4-14-8-10/h9-11,13H,3-8,12H2,1-2H3. The van der Waals surface area contributed by atoms with Crippen molar-refractivity contribution in [3.8, 4) is 0 Å². The van der Waals surface area contributed by atoms with Crippen molar-refractivity contribution in [3.05, 3.63) is 0 Å². The van der Waals surface area contributed by atoms with E-state index in [0.717, 1.165) is 38.8 Å². The molecule has 0 bridgehead atoms. The van der Waals surface area contributed by atoms with Crippen molar-refractivity contribution in [2.45, 2.75) is 20.3 Å². The van der Waals surface area contributed by atoms with Gasteiger partial charge in [0.25, 0.3) is 0 Å². The van der Waals surface area contributed by atoms with Gasteiger partial charge >= 0.3 is 0 Å². The van der Waals surface area contributed by atoms with E-state index in [0.29, 0.717) is 11.8 Å². The summed E-state index contributed by atoms with van der Waals surface area (Å²) in [5.41, 5.74) is 5.70. The summed E-state index contributed by atoms with van der Waals surface area (Å²) in [7, 11) is 0. The fourth-order valence-electron chi connectivity index (χ4n) is 1.81. The Morgan fingerprint density at radius 2 is 2.29 bits per heavy atom. The van der Waals surface area contributed by atoms with Crippen molar-refractivity contribution in [3.63, 3.8) is 0 Å². The molecule has 14 heavy (non-hydrogen) atoms. The number of hydrogen-bond donors (Lipinski definition) is 2. The quantitative estimate of drug-likeness (QED) is 0.668. The smallest absolute Gasteiger partial charge is 0.0507 e. The van der Waals surface area contributed by atoms with Crippen LogP contribution >= 0.6 is 0 Å². The summed E-state index contributed by atoms with van der Waals surface area (Å²) in [5.74, 6) is 2.00. The maximum atomic E-state index is 5.70. The number of hydrogen-bond acceptors (Lipinski definition) is 3. The number of ether oxygens (including phenoxy) is 1. The van der Waals surface area contributed by atoms with Gasteiger partial charge in [0.2, 0.25) is 0 Å². The Morgan fingerprint density at radius 3 is 2.79 bits per heavy atom. The largest absolute Gasteiger partial charge is 0.381 e. The minimum Gasteiger partial charge on any atom is -0.381 e. The summed E-state index contributed by atoms with van der Waals surface area (Å²) >= 11 is 0.